The van der Waals surface area contributed by atoms with Crippen molar-refractivity contribution in [1.82, 2.24) is 4.57 Å². The Morgan fingerprint density at radius 2 is 2.20 bits per heavy atom. The highest BCUT2D eigenvalue weighted by Crippen LogP contribution is 2.30. The summed E-state index contributed by atoms with van der Waals surface area (Å²) in [5, 5.41) is 9.40. The summed E-state index contributed by atoms with van der Waals surface area (Å²) in [4.78, 5) is 10.9. The monoisotopic (exact) mass is 227 g/mol. The number of benzene rings is 1. The van der Waals surface area contributed by atoms with Crippen LogP contribution in [-0.2, 0) is 7.05 Å². The maximum absolute atomic E-state index is 12.9. The third-order valence-corrected chi connectivity index (χ3v) is 2.68. The topological polar surface area (TPSA) is 42.2 Å². The second kappa shape index (κ2) is 3.24. The van der Waals surface area contributed by atoms with Gasteiger partial charge in [-0.3, -0.25) is 0 Å². The predicted molar refractivity (Wildman–Crippen MR) is 54.8 cm³/mol. The average Bonchev–Trinajstić information content (AvgIpc) is 2.39. The van der Waals surface area contributed by atoms with Gasteiger partial charge >= 0.3 is 5.97 Å². The van der Waals surface area contributed by atoms with Gasteiger partial charge < -0.3 is 9.67 Å². The number of fused-ring (bicyclic) bond motifs is 1. The van der Waals surface area contributed by atoms with Crippen molar-refractivity contribution in [2.45, 2.75) is 0 Å². The second-order valence-corrected chi connectivity index (χ2v) is 3.57. The largest absolute Gasteiger partial charge is 0.477 e. The van der Waals surface area contributed by atoms with Crippen LogP contribution < -0.4 is 0 Å². The molecule has 0 saturated heterocycles. The third-order valence-electron chi connectivity index (χ3n) is 2.30. The number of halogens is 2. The van der Waals surface area contributed by atoms with E-state index >= 15 is 0 Å². The molecule has 0 radical (unpaired) electrons. The van der Waals surface area contributed by atoms with E-state index in [-0.39, 0.29) is 10.7 Å². The van der Waals surface area contributed by atoms with Gasteiger partial charge in [-0.25, -0.2) is 9.18 Å². The SMILES string of the molecule is Cn1c(C(=O)O)c(Cl)c2cc(F)ccc21. The van der Waals surface area contributed by atoms with Crippen molar-refractivity contribution in [3.8, 4) is 0 Å². The van der Waals surface area contributed by atoms with Gasteiger partial charge in [0, 0.05) is 12.4 Å². The van der Waals surface area contributed by atoms with Crippen molar-refractivity contribution >= 4 is 28.5 Å². The number of hydrogen-bond acceptors (Lipinski definition) is 1. The molecule has 1 aromatic heterocycles. The lowest BCUT2D eigenvalue weighted by Gasteiger charge is -1.98. The maximum Gasteiger partial charge on any atom is 0.354 e. The summed E-state index contributed by atoms with van der Waals surface area (Å²) < 4.78 is 14.4. The highest BCUT2D eigenvalue weighted by Gasteiger charge is 2.19. The number of aromatic nitrogens is 1. The first kappa shape index (κ1) is 9.98. The Morgan fingerprint density at radius 1 is 1.53 bits per heavy atom. The van der Waals surface area contributed by atoms with Gasteiger partial charge in [-0.15, -0.1) is 0 Å². The van der Waals surface area contributed by atoms with E-state index in [1.165, 1.54) is 22.8 Å². The second-order valence-electron chi connectivity index (χ2n) is 3.19. The molecule has 78 valence electrons. The van der Waals surface area contributed by atoms with Crippen LogP contribution in [0, 0.1) is 5.82 Å². The van der Waals surface area contributed by atoms with Crippen LogP contribution in [0.2, 0.25) is 5.02 Å². The normalized spacial score (nSPS) is 10.9. The van der Waals surface area contributed by atoms with Gasteiger partial charge in [-0.1, -0.05) is 11.6 Å². The van der Waals surface area contributed by atoms with Crippen LogP contribution in [0.1, 0.15) is 10.5 Å². The number of hydrogen-bond donors (Lipinski definition) is 1. The Balaban J connectivity index is 2.91. The number of aryl methyl sites for hydroxylation is 1. The van der Waals surface area contributed by atoms with Crippen molar-refractivity contribution in [1.29, 1.82) is 0 Å². The molecule has 2 rings (SSSR count). The summed E-state index contributed by atoms with van der Waals surface area (Å²) in [5.41, 5.74) is 0.566. The Kier molecular flexibility index (Phi) is 2.16. The van der Waals surface area contributed by atoms with Crippen molar-refractivity contribution < 1.29 is 14.3 Å². The summed E-state index contributed by atoms with van der Waals surface area (Å²) >= 11 is 5.86. The molecule has 1 N–H and O–H groups in total. The molecule has 0 bridgehead atoms. The fourth-order valence-electron chi connectivity index (χ4n) is 1.61. The van der Waals surface area contributed by atoms with Gasteiger partial charge in [0.25, 0.3) is 0 Å². The van der Waals surface area contributed by atoms with E-state index in [4.69, 9.17) is 16.7 Å². The van der Waals surface area contributed by atoms with E-state index in [1.807, 2.05) is 0 Å². The molecule has 3 nitrogen and oxygen atoms in total. The van der Waals surface area contributed by atoms with E-state index in [2.05, 4.69) is 0 Å². The first-order valence-electron chi connectivity index (χ1n) is 4.19. The zero-order valence-corrected chi connectivity index (χ0v) is 8.55. The smallest absolute Gasteiger partial charge is 0.354 e. The Hall–Kier alpha value is -1.55. The van der Waals surface area contributed by atoms with Gasteiger partial charge in [-0.05, 0) is 18.2 Å². The van der Waals surface area contributed by atoms with E-state index in [0.29, 0.717) is 10.9 Å². The van der Waals surface area contributed by atoms with Gasteiger partial charge in [0.2, 0.25) is 0 Å². The number of nitrogens with zero attached hydrogens (tertiary/aromatic N) is 1. The van der Waals surface area contributed by atoms with Crippen LogP contribution in [0.15, 0.2) is 18.2 Å². The highest BCUT2D eigenvalue weighted by molar-refractivity contribution is 6.38. The van der Waals surface area contributed by atoms with Crippen molar-refractivity contribution in [2.24, 2.45) is 7.05 Å². The van der Waals surface area contributed by atoms with Crippen LogP contribution >= 0.6 is 11.6 Å². The molecule has 0 fully saturated rings. The molecular weight excluding hydrogens is 221 g/mol. The molecule has 1 heterocycles. The molecule has 0 aliphatic carbocycles. The third kappa shape index (κ3) is 1.37. The predicted octanol–water partition coefficient (Wildman–Crippen LogP) is 2.67. The lowest BCUT2D eigenvalue weighted by Crippen LogP contribution is -2.04. The molecule has 0 aliphatic heterocycles. The quantitative estimate of drug-likeness (QED) is 0.814. The summed E-state index contributed by atoms with van der Waals surface area (Å²) in [5.74, 6) is -1.56. The average molecular weight is 228 g/mol. The highest BCUT2D eigenvalue weighted by atomic mass is 35.5. The number of carbonyl (C=O) groups is 1. The zero-order valence-electron chi connectivity index (χ0n) is 7.79. The minimum atomic E-state index is -1.13. The molecule has 15 heavy (non-hydrogen) atoms. The van der Waals surface area contributed by atoms with E-state index in [1.54, 1.807) is 7.05 Å². The Morgan fingerprint density at radius 3 is 2.80 bits per heavy atom. The molecule has 1 aromatic carbocycles. The first-order valence-corrected chi connectivity index (χ1v) is 4.57. The van der Waals surface area contributed by atoms with Crippen LogP contribution in [0.5, 0.6) is 0 Å². The summed E-state index contributed by atoms with van der Waals surface area (Å²) in [6.45, 7) is 0. The molecule has 0 unspecified atom stereocenters. The van der Waals surface area contributed by atoms with Crippen LogP contribution in [-0.4, -0.2) is 15.6 Å². The lowest BCUT2D eigenvalue weighted by atomic mass is 10.2. The van der Waals surface area contributed by atoms with Crippen LogP contribution in [0.25, 0.3) is 10.9 Å². The number of carboxylic acid groups (broad SMARTS) is 1. The molecule has 0 amide bonds. The minimum Gasteiger partial charge on any atom is -0.477 e. The summed E-state index contributed by atoms with van der Waals surface area (Å²) in [6.07, 6.45) is 0. The Bertz CT molecular complexity index is 562. The van der Waals surface area contributed by atoms with Gasteiger partial charge in [0.15, 0.2) is 0 Å². The van der Waals surface area contributed by atoms with Crippen LogP contribution in [0.3, 0.4) is 0 Å². The van der Waals surface area contributed by atoms with Gasteiger partial charge in [0.05, 0.1) is 10.5 Å². The number of aromatic carboxylic acids is 1. The van der Waals surface area contributed by atoms with E-state index < -0.39 is 11.8 Å². The maximum atomic E-state index is 12.9. The fraction of sp³-hybridized carbons (Fsp3) is 0.100. The standard InChI is InChI=1S/C10H7ClFNO2/c1-13-7-3-2-5(12)4-6(7)8(11)9(13)10(14)15/h2-4H,1H3,(H,14,15). The number of carboxylic acids is 1. The molecule has 0 spiro atoms. The molecule has 0 saturated carbocycles. The molecule has 5 heteroatoms. The Labute approximate surface area is 89.7 Å². The summed E-state index contributed by atoms with van der Waals surface area (Å²) in [6, 6.07) is 4.00. The molecular formula is C10H7ClFNO2. The molecule has 0 atom stereocenters. The molecule has 0 aliphatic rings. The van der Waals surface area contributed by atoms with Gasteiger partial charge in [-0.2, -0.15) is 0 Å². The number of rotatable bonds is 1. The molecule has 2 aromatic rings. The minimum absolute atomic E-state index is 0.0303. The van der Waals surface area contributed by atoms with Crippen molar-refractivity contribution in [3.63, 3.8) is 0 Å². The zero-order chi connectivity index (χ0) is 11.2. The van der Waals surface area contributed by atoms with Crippen molar-refractivity contribution in [3.05, 3.63) is 34.7 Å². The van der Waals surface area contributed by atoms with E-state index in [0.717, 1.165) is 0 Å². The summed E-state index contributed by atoms with van der Waals surface area (Å²) in [7, 11) is 1.58. The van der Waals surface area contributed by atoms with Crippen molar-refractivity contribution in [2.75, 3.05) is 0 Å². The van der Waals surface area contributed by atoms with E-state index in [9.17, 15) is 9.18 Å². The lowest BCUT2D eigenvalue weighted by molar-refractivity contribution is 0.0687. The first-order chi connectivity index (χ1) is 7.02. The van der Waals surface area contributed by atoms with Crippen LogP contribution in [0.4, 0.5) is 4.39 Å². The van der Waals surface area contributed by atoms with Gasteiger partial charge in [0.1, 0.15) is 11.5 Å². The fourth-order valence-corrected chi connectivity index (χ4v) is 1.97.